The van der Waals surface area contributed by atoms with Gasteiger partial charge in [-0.15, -0.1) is 11.3 Å². The summed E-state index contributed by atoms with van der Waals surface area (Å²) in [6.45, 7) is 3.92. The molecule has 1 heterocycles. The zero-order valence-corrected chi connectivity index (χ0v) is 23.6. The molecule has 0 bridgehead atoms. The number of hydrogen-bond donors (Lipinski definition) is 2. The van der Waals surface area contributed by atoms with Crippen LogP contribution < -0.4 is 5.32 Å². The molecule has 1 amide bonds. The average molecular weight is 568 g/mol. The summed E-state index contributed by atoms with van der Waals surface area (Å²) in [7, 11) is -3.93. The quantitative estimate of drug-likeness (QED) is 0.254. The monoisotopic (exact) mass is 567 g/mol. The van der Waals surface area contributed by atoms with Crippen LogP contribution in [0.15, 0.2) is 89.3 Å². The summed E-state index contributed by atoms with van der Waals surface area (Å²) in [4.78, 5) is 17.1. The average Bonchev–Trinajstić information content (AvgIpc) is 3.40. The third-order valence-corrected chi connectivity index (χ3v) is 8.80. The van der Waals surface area contributed by atoms with Crippen molar-refractivity contribution in [3.8, 4) is 0 Å². The van der Waals surface area contributed by atoms with E-state index in [1.54, 1.807) is 17.6 Å². The maximum atomic E-state index is 13.7. The normalized spacial score (nSPS) is 13.5. The van der Waals surface area contributed by atoms with E-state index in [-0.39, 0.29) is 30.5 Å². The smallest absolute Gasteiger partial charge is 0.407 e. The van der Waals surface area contributed by atoms with Crippen molar-refractivity contribution in [2.45, 2.75) is 43.9 Å². The van der Waals surface area contributed by atoms with Crippen LogP contribution in [-0.4, -0.2) is 54.1 Å². The molecular formula is C29H33N3O5S2. The number of ether oxygens (including phenoxy) is 1. The lowest BCUT2D eigenvalue weighted by Crippen LogP contribution is -2.51. The number of aromatic nitrogens is 1. The number of carbonyl (C=O) groups is 1. The van der Waals surface area contributed by atoms with Gasteiger partial charge in [0.1, 0.15) is 6.61 Å². The fraction of sp³-hybridized carbons (Fsp3) is 0.310. The zero-order chi connectivity index (χ0) is 27.8. The molecule has 2 N–H and O–H groups in total. The van der Waals surface area contributed by atoms with Crippen LogP contribution in [0, 0.1) is 5.92 Å². The Kier molecular flexibility index (Phi) is 9.68. The number of aliphatic hydroxyl groups is 1. The summed E-state index contributed by atoms with van der Waals surface area (Å²) >= 11 is 1.37. The number of rotatable bonds is 12. The highest BCUT2D eigenvalue weighted by molar-refractivity contribution is 7.89. The molecule has 0 aliphatic heterocycles. The number of sulfonamides is 1. The Hall–Kier alpha value is -3.31. The number of nitrogens with one attached hydrogen (secondary N) is 1. The predicted molar refractivity (Wildman–Crippen MR) is 153 cm³/mol. The second-order valence-electron chi connectivity index (χ2n) is 9.77. The lowest BCUT2D eigenvalue weighted by atomic mass is 10.0. The van der Waals surface area contributed by atoms with Gasteiger partial charge in [0, 0.05) is 13.1 Å². The fourth-order valence-corrected chi connectivity index (χ4v) is 6.67. The van der Waals surface area contributed by atoms with Crippen LogP contribution in [0.4, 0.5) is 4.79 Å². The second kappa shape index (κ2) is 13.2. The topological polar surface area (TPSA) is 109 Å². The van der Waals surface area contributed by atoms with Gasteiger partial charge in [-0.1, -0.05) is 74.5 Å². The Morgan fingerprint density at radius 2 is 1.67 bits per heavy atom. The van der Waals surface area contributed by atoms with Crippen molar-refractivity contribution < 1.29 is 23.1 Å². The molecule has 206 valence electrons. The van der Waals surface area contributed by atoms with Crippen LogP contribution in [0.5, 0.6) is 0 Å². The minimum atomic E-state index is -3.93. The largest absolute Gasteiger partial charge is 0.445 e. The number of benzene rings is 3. The first-order valence-corrected chi connectivity index (χ1v) is 15.1. The van der Waals surface area contributed by atoms with Crippen LogP contribution >= 0.6 is 11.3 Å². The molecule has 0 aliphatic rings. The number of fused-ring (bicyclic) bond motifs is 1. The van der Waals surface area contributed by atoms with E-state index in [1.165, 1.54) is 21.7 Å². The molecule has 1 aromatic heterocycles. The molecule has 4 rings (SSSR count). The van der Waals surface area contributed by atoms with Gasteiger partial charge in [0.15, 0.2) is 0 Å². The van der Waals surface area contributed by atoms with Gasteiger partial charge in [-0.25, -0.2) is 18.2 Å². The van der Waals surface area contributed by atoms with Crippen molar-refractivity contribution in [1.82, 2.24) is 14.6 Å². The Morgan fingerprint density at radius 3 is 2.33 bits per heavy atom. The SMILES string of the molecule is CC(C)CN(CC(O)C(Cc1ccccc1)NC(=O)OCc1ccccc1)S(=O)(=O)c1ccc2ncsc2c1. The van der Waals surface area contributed by atoms with E-state index in [2.05, 4.69) is 10.3 Å². The summed E-state index contributed by atoms with van der Waals surface area (Å²) in [6.07, 6.45) is -1.59. The van der Waals surface area contributed by atoms with E-state index in [1.807, 2.05) is 74.5 Å². The van der Waals surface area contributed by atoms with E-state index < -0.39 is 28.3 Å². The third-order valence-electron chi connectivity index (χ3n) is 6.18. The Bertz CT molecular complexity index is 1460. The highest BCUT2D eigenvalue weighted by Crippen LogP contribution is 2.25. The van der Waals surface area contributed by atoms with E-state index in [0.29, 0.717) is 6.42 Å². The molecule has 39 heavy (non-hydrogen) atoms. The summed E-state index contributed by atoms with van der Waals surface area (Å²) in [5, 5.41) is 14.1. The van der Waals surface area contributed by atoms with Crippen LogP contribution in [0.3, 0.4) is 0 Å². The number of hydrogen-bond acceptors (Lipinski definition) is 7. The van der Waals surface area contributed by atoms with Gasteiger partial charge in [0.05, 0.1) is 32.8 Å². The van der Waals surface area contributed by atoms with Crippen molar-refractivity contribution in [1.29, 1.82) is 0 Å². The Balaban J connectivity index is 1.54. The molecule has 0 saturated carbocycles. The van der Waals surface area contributed by atoms with Crippen molar-refractivity contribution in [2.24, 2.45) is 5.92 Å². The lowest BCUT2D eigenvalue weighted by Gasteiger charge is -2.30. The van der Waals surface area contributed by atoms with Gasteiger partial charge in [-0.2, -0.15) is 4.31 Å². The first kappa shape index (κ1) is 28.7. The molecule has 0 aliphatic carbocycles. The van der Waals surface area contributed by atoms with Crippen molar-refractivity contribution in [3.05, 3.63) is 95.5 Å². The van der Waals surface area contributed by atoms with Crippen molar-refractivity contribution in [3.63, 3.8) is 0 Å². The highest BCUT2D eigenvalue weighted by atomic mass is 32.2. The highest BCUT2D eigenvalue weighted by Gasteiger charge is 2.32. The summed E-state index contributed by atoms with van der Waals surface area (Å²) in [5.74, 6) is 0.00970. The molecule has 3 aromatic carbocycles. The molecule has 0 radical (unpaired) electrons. The summed E-state index contributed by atoms with van der Waals surface area (Å²) in [5.41, 5.74) is 4.13. The molecular weight excluding hydrogens is 534 g/mol. The maximum absolute atomic E-state index is 13.7. The van der Waals surface area contributed by atoms with Crippen molar-refractivity contribution in [2.75, 3.05) is 13.1 Å². The molecule has 10 heteroatoms. The van der Waals surface area contributed by atoms with E-state index in [4.69, 9.17) is 4.74 Å². The molecule has 4 aromatic rings. The van der Waals surface area contributed by atoms with E-state index >= 15 is 0 Å². The van der Waals surface area contributed by atoms with Gasteiger partial charge in [0.25, 0.3) is 0 Å². The molecule has 8 nitrogen and oxygen atoms in total. The summed E-state index contributed by atoms with van der Waals surface area (Å²) < 4.78 is 34.9. The number of carbonyl (C=O) groups excluding carboxylic acids is 1. The van der Waals surface area contributed by atoms with Gasteiger partial charge >= 0.3 is 6.09 Å². The van der Waals surface area contributed by atoms with Crippen LogP contribution in [0.2, 0.25) is 0 Å². The standard InChI is InChI=1S/C29H33N3O5S2/c1-21(2)17-32(39(35,36)24-13-14-25-28(16-24)38-20-30-25)18-27(33)26(15-22-9-5-3-6-10-22)31-29(34)37-19-23-11-7-4-8-12-23/h3-14,16,20-21,26-27,33H,15,17-19H2,1-2H3,(H,31,34). The first-order valence-electron chi connectivity index (χ1n) is 12.7. The molecule has 2 atom stereocenters. The van der Waals surface area contributed by atoms with Gasteiger partial charge < -0.3 is 15.2 Å². The lowest BCUT2D eigenvalue weighted by molar-refractivity contribution is 0.0873. The number of amides is 1. The predicted octanol–water partition coefficient (Wildman–Crippen LogP) is 4.84. The third kappa shape index (κ3) is 7.86. The maximum Gasteiger partial charge on any atom is 0.407 e. The van der Waals surface area contributed by atoms with Gasteiger partial charge in [-0.05, 0) is 41.7 Å². The number of alkyl carbamates (subject to hydrolysis) is 1. The number of aliphatic hydroxyl groups excluding tert-OH is 1. The van der Waals surface area contributed by atoms with Crippen LogP contribution in [-0.2, 0) is 27.8 Å². The summed E-state index contributed by atoms with van der Waals surface area (Å²) in [6, 6.07) is 22.8. The van der Waals surface area contributed by atoms with Crippen molar-refractivity contribution >= 4 is 37.7 Å². The minimum absolute atomic E-state index is 0.00970. The van der Waals surface area contributed by atoms with Crippen LogP contribution in [0.25, 0.3) is 10.2 Å². The molecule has 2 unspecified atom stereocenters. The molecule has 0 saturated heterocycles. The van der Waals surface area contributed by atoms with Crippen LogP contribution in [0.1, 0.15) is 25.0 Å². The first-order chi connectivity index (χ1) is 18.7. The van der Waals surface area contributed by atoms with Gasteiger partial charge in [0.2, 0.25) is 10.0 Å². The minimum Gasteiger partial charge on any atom is -0.445 e. The Labute approximate surface area is 233 Å². The Morgan fingerprint density at radius 1 is 1.00 bits per heavy atom. The fourth-order valence-electron chi connectivity index (χ4n) is 4.23. The molecule has 0 fully saturated rings. The number of thiazole rings is 1. The second-order valence-corrected chi connectivity index (χ2v) is 12.6. The number of nitrogens with zero attached hydrogens (tertiary/aromatic N) is 2. The zero-order valence-electron chi connectivity index (χ0n) is 21.9. The molecule has 0 spiro atoms. The van der Waals surface area contributed by atoms with E-state index in [0.717, 1.165) is 21.3 Å². The van der Waals surface area contributed by atoms with E-state index in [9.17, 15) is 18.3 Å². The van der Waals surface area contributed by atoms with Gasteiger partial charge in [-0.3, -0.25) is 0 Å².